The molecule has 0 aliphatic heterocycles. The number of aromatic amines is 1. The first kappa shape index (κ1) is 12.8. The van der Waals surface area contributed by atoms with Crippen molar-refractivity contribution in [3.8, 4) is 0 Å². The topological polar surface area (TPSA) is 113 Å². The lowest BCUT2D eigenvalue weighted by molar-refractivity contribution is 0.0685. The summed E-state index contributed by atoms with van der Waals surface area (Å²) in [5.41, 5.74) is 0.649. The number of hydrogen-bond donors (Lipinski definition) is 3. The van der Waals surface area contributed by atoms with Crippen LogP contribution in [0.4, 0.5) is 0 Å². The minimum Gasteiger partial charge on any atom is -0.477 e. The minimum atomic E-state index is -1.21. The summed E-state index contributed by atoms with van der Waals surface area (Å²) in [6.07, 6.45) is 3.46. The van der Waals surface area contributed by atoms with Crippen molar-refractivity contribution in [1.82, 2.24) is 25.1 Å². The lowest BCUT2D eigenvalue weighted by atomic mass is 10.2. The SMILES string of the molecule is Cn1nccc1CCNC(=O)c1nc[nH]c1C(=O)O. The van der Waals surface area contributed by atoms with Gasteiger partial charge in [0.2, 0.25) is 0 Å². The van der Waals surface area contributed by atoms with E-state index in [1.165, 1.54) is 6.33 Å². The van der Waals surface area contributed by atoms with Crippen LogP contribution in [0.2, 0.25) is 0 Å². The number of aromatic nitrogens is 4. The maximum atomic E-state index is 11.8. The molecule has 2 aromatic rings. The van der Waals surface area contributed by atoms with Crippen LogP contribution in [0.3, 0.4) is 0 Å². The Bertz CT molecular complexity index is 601. The number of H-pyrrole nitrogens is 1. The van der Waals surface area contributed by atoms with Gasteiger partial charge in [0, 0.05) is 31.9 Å². The van der Waals surface area contributed by atoms with Crippen molar-refractivity contribution in [3.63, 3.8) is 0 Å². The van der Waals surface area contributed by atoms with Gasteiger partial charge in [-0.3, -0.25) is 9.48 Å². The number of carboxylic acid groups (broad SMARTS) is 1. The van der Waals surface area contributed by atoms with Gasteiger partial charge in [0.25, 0.3) is 5.91 Å². The fourth-order valence-electron chi connectivity index (χ4n) is 1.66. The van der Waals surface area contributed by atoms with E-state index in [1.54, 1.807) is 10.9 Å². The van der Waals surface area contributed by atoms with Crippen molar-refractivity contribution in [3.05, 3.63) is 35.7 Å². The van der Waals surface area contributed by atoms with Crippen LogP contribution in [0.15, 0.2) is 18.6 Å². The van der Waals surface area contributed by atoms with Crippen LogP contribution in [-0.2, 0) is 13.5 Å². The second-order valence-corrected chi connectivity index (χ2v) is 3.88. The van der Waals surface area contributed by atoms with Gasteiger partial charge >= 0.3 is 5.97 Å². The van der Waals surface area contributed by atoms with Crippen LogP contribution >= 0.6 is 0 Å². The van der Waals surface area contributed by atoms with Gasteiger partial charge in [-0.1, -0.05) is 0 Å². The zero-order valence-electron chi connectivity index (χ0n) is 10.3. The summed E-state index contributed by atoms with van der Waals surface area (Å²) in [7, 11) is 1.81. The van der Waals surface area contributed by atoms with Crippen molar-refractivity contribution >= 4 is 11.9 Å². The van der Waals surface area contributed by atoms with Gasteiger partial charge in [0.1, 0.15) is 0 Å². The zero-order valence-corrected chi connectivity index (χ0v) is 10.3. The molecule has 0 unspecified atom stereocenters. The van der Waals surface area contributed by atoms with E-state index in [2.05, 4.69) is 20.4 Å². The largest absolute Gasteiger partial charge is 0.477 e. The Hall–Kier alpha value is -2.64. The van der Waals surface area contributed by atoms with Gasteiger partial charge < -0.3 is 15.4 Å². The Morgan fingerprint density at radius 3 is 2.95 bits per heavy atom. The Morgan fingerprint density at radius 1 is 1.53 bits per heavy atom. The smallest absolute Gasteiger partial charge is 0.354 e. The number of rotatable bonds is 5. The van der Waals surface area contributed by atoms with Gasteiger partial charge in [-0.25, -0.2) is 9.78 Å². The standard InChI is InChI=1S/C11H13N5O3/c1-16-7(3-5-15-16)2-4-12-10(17)8-9(11(18)19)14-6-13-8/h3,5-6H,2,4H2,1H3,(H,12,17)(H,13,14)(H,18,19). The van der Waals surface area contributed by atoms with E-state index in [0.717, 1.165) is 5.69 Å². The third-order valence-electron chi connectivity index (χ3n) is 2.66. The highest BCUT2D eigenvalue weighted by Crippen LogP contribution is 2.02. The first-order valence-corrected chi connectivity index (χ1v) is 5.61. The zero-order chi connectivity index (χ0) is 13.8. The molecular weight excluding hydrogens is 250 g/mol. The van der Waals surface area contributed by atoms with E-state index in [1.807, 2.05) is 13.1 Å². The van der Waals surface area contributed by atoms with Crippen molar-refractivity contribution < 1.29 is 14.7 Å². The molecule has 1 amide bonds. The van der Waals surface area contributed by atoms with E-state index in [0.29, 0.717) is 13.0 Å². The summed E-state index contributed by atoms with van der Waals surface area (Å²) < 4.78 is 1.71. The van der Waals surface area contributed by atoms with Gasteiger partial charge in [-0.05, 0) is 6.07 Å². The number of aryl methyl sites for hydroxylation is 1. The molecule has 0 aliphatic rings. The number of imidazole rings is 1. The average Bonchev–Trinajstić information content (AvgIpc) is 2.98. The molecule has 8 heteroatoms. The summed E-state index contributed by atoms with van der Waals surface area (Å²) in [4.78, 5) is 28.7. The fourth-order valence-corrected chi connectivity index (χ4v) is 1.66. The first-order valence-electron chi connectivity index (χ1n) is 5.61. The number of aromatic carboxylic acids is 1. The van der Waals surface area contributed by atoms with Crippen LogP contribution in [0.1, 0.15) is 26.7 Å². The predicted octanol–water partition coefficient (Wildman–Crippen LogP) is -0.186. The maximum Gasteiger partial charge on any atom is 0.354 e. The molecule has 0 saturated carbocycles. The summed E-state index contributed by atoms with van der Waals surface area (Å²) in [6, 6.07) is 1.85. The summed E-state index contributed by atoms with van der Waals surface area (Å²) in [5.74, 6) is -1.73. The fraction of sp³-hybridized carbons (Fsp3) is 0.273. The molecule has 0 saturated heterocycles. The van der Waals surface area contributed by atoms with E-state index >= 15 is 0 Å². The van der Waals surface area contributed by atoms with Crippen molar-refractivity contribution in [2.45, 2.75) is 6.42 Å². The van der Waals surface area contributed by atoms with E-state index < -0.39 is 11.9 Å². The number of hydrogen-bond acceptors (Lipinski definition) is 4. The van der Waals surface area contributed by atoms with E-state index in [9.17, 15) is 9.59 Å². The Morgan fingerprint density at radius 2 is 2.32 bits per heavy atom. The highest BCUT2D eigenvalue weighted by atomic mass is 16.4. The highest BCUT2D eigenvalue weighted by molar-refractivity contribution is 6.02. The summed E-state index contributed by atoms with van der Waals surface area (Å²) >= 11 is 0. The number of carbonyl (C=O) groups excluding carboxylic acids is 1. The molecular formula is C11H13N5O3. The van der Waals surface area contributed by atoms with Crippen LogP contribution < -0.4 is 5.32 Å². The number of amides is 1. The number of nitrogens with zero attached hydrogens (tertiary/aromatic N) is 3. The van der Waals surface area contributed by atoms with Crippen LogP contribution in [0, 0.1) is 0 Å². The van der Waals surface area contributed by atoms with Crippen molar-refractivity contribution in [2.24, 2.45) is 7.05 Å². The predicted molar refractivity (Wildman–Crippen MR) is 64.8 cm³/mol. The third kappa shape index (κ3) is 2.79. The van der Waals surface area contributed by atoms with Gasteiger partial charge in [-0.15, -0.1) is 0 Å². The van der Waals surface area contributed by atoms with Crippen molar-refractivity contribution in [2.75, 3.05) is 6.54 Å². The molecule has 0 aromatic carbocycles. The molecule has 8 nitrogen and oxygen atoms in total. The third-order valence-corrected chi connectivity index (χ3v) is 2.66. The normalized spacial score (nSPS) is 10.4. The minimum absolute atomic E-state index is 0.113. The van der Waals surface area contributed by atoms with E-state index in [-0.39, 0.29) is 11.4 Å². The molecule has 19 heavy (non-hydrogen) atoms. The van der Waals surface area contributed by atoms with Gasteiger partial charge in [-0.2, -0.15) is 5.10 Å². The summed E-state index contributed by atoms with van der Waals surface area (Å²) in [5, 5.41) is 15.5. The number of carboxylic acids is 1. The molecule has 0 atom stereocenters. The first-order chi connectivity index (χ1) is 9.09. The summed E-state index contributed by atoms with van der Waals surface area (Å²) in [6.45, 7) is 0.379. The quantitative estimate of drug-likeness (QED) is 0.692. The second-order valence-electron chi connectivity index (χ2n) is 3.88. The van der Waals surface area contributed by atoms with E-state index in [4.69, 9.17) is 5.11 Å². The molecule has 0 spiro atoms. The molecule has 0 radical (unpaired) electrons. The highest BCUT2D eigenvalue weighted by Gasteiger charge is 2.19. The Kier molecular flexibility index (Phi) is 3.60. The van der Waals surface area contributed by atoms with Gasteiger partial charge in [0.15, 0.2) is 11.4 Å². The molecule has 3 N–H and O–H groups in total. The molecule has 2 heterocycles. The Labute approximate surface area is 108 Å². The number of nitrogens with one attached hydrogen (secondary N) is 2. The lowest BCUT2D eigenvalue weighted by Crippen LogP contribution is -2.28. The Balaban J connectivity index is 1.93. The monoisotopic (exact) mass is 263 g/mol. The average molecular weight is 263 g/mol. The molecule has 0 fully saturated rings. The van der Waals surface area contributed by atoms with Crippen LogP contribution in [-0.4, -0.2) is 43.3 Å². The lowest BCUT2D eigenvalue weighted by Gasteiger charge is -2.04. The van der Waals surface area contributed by atoms with Crippen molar-refractivity contribution in [1.29, 1.82) is 0 Å². The second kappa shape index (κ2) is 5.34. The molecule has 2 aromatic heterocycles. The molecule has 100 valence electrons. The maximum absolute atomic E-state index is 11.8. The van der Waals surface area contributed by atoms with Crippen LogP contribution in [0.5, 0.6) is 0 Å². The molecule has 0 bridgehead atoms. The van der Waals surface area contributed by atoms with Crippen LogP contribution in [0.25, 0.3) is 0 Å². The molecule has 2 rings (SSSR count). The van der Waals surface area contributed by atoms with Gasteiger partial charge in [0.05, 0.1) is 6.33 Å². The number of carbonyl (C=O) groups is 2. The molecule has 0 aliphatic carbocycles.